The number of methoxy groups -OCH3 is 1. The van der Waals surface area contributed by atoms with Gasteiger partial charge in [0.2, 0.25) is 0 Å². The van der Waals surface area contributed by atoms with E-state index in [9.17, 15) is 5.11 Å². The van der Waals surface area contributed by atoms with Gasteiger partial charge in [-0.15, -0.1) is 0 Å². The molecule has 106 valence electrons. The molecule has 3 atom stereocenters. The maximum atomic E-state index is 9.40. The van der Waals surface area contributed by atoms with Gasteiger partial charge in [0.15, 0.2) is 0 Å². The van der Waals surface area contributed by atoms with Crippen LogP contribution in [0.25, 0.3) is 0 Å². The van der Waals surface area contributed by atoms with E-state index in [1.807, 2.05) is 24.3 Å². The number of benzene rings is 1. The van der Waals surface area contributed by atoms with Gasteiger partial charge in [-0.2, -0.15) is 0 Å². The van der Waals surface area contributed by atoms with Gasteiger partial charge < -0.3 is 20.9 Å². The fourth-order valence-corrected chi connectivity index (χ4v) is 2.97. The van der Waals surface area contributed by atoms with Crippen molar-refractivity contribution in [3.8, 4) is 5.75 Å². The number of hydrogen-bond acceptors (Lipinski definition) is 4. The summed E-state index contributed by atoms with van der Waals surface area (Å²) in [5, 5.41) is 13.0. The molecule has 3 unspecified atom stereocenters. The van der Waals surface area contributed by atoms with E-state index in [1.54, 1.807) is 7.11 Å². The maximum absolute atomic E-state index is 9.40. The van der Waals surface area contributed by atoms with Crippen LogP contribution in [0.2, 0.25) is 0 Å². The summed E-state index contributed by atoms with van der Waals surface area (Å²) < 4.78 is 5.40. The summed E-state index contributed by atoms with van der Waals surface area (Å²) >= 11 is 0. The molecule has 0 aromatic heterocycles. The van der Waals surface area contributed by atoms with Crippen molar-refractivity contribution in [2.45, 2.75) is 31.3 Å². The van der Waals surface area contributed by atoms with Crippen molar-refractivity contribution < 1.29 is 9.84 Å². The van der Waals surface area contributed by atoms with Crippen molar-refractivity contribution in [2.24, 2.45) is 11.7 Å². The number of rotatable bonds is 6. The van der Waals surface area contributed by atoms with E-state index in [1.165, 1.54) is 6.42 Å². The largest absolute Gasteiger partial charge is 0.496 e. The lowest BCUT2D eigenvalue weighted by atomic mass is 10.0. The number of nitrogens with two attached hydrogens (primary N) is 1. The van der Waals surface area contributed by atoms with Gasteiger partial charge in [-0.25, -0.2) is 0 Å². The number of ether oxygens (including phenoxy) is 1. The van der Waals surface area contributed by atoms with Crippen LogP contribution in [0.5, 0.6) is 5.75 Å². The van der Waals surface area contributed by atoms with E-state index in [-0.39, 0.29) is 12.6 Å². The van der Waals surface area contributed by atoms with Crippen LogP contribution in [-0.2, 0) is 0 Å². The third-order valence-electron chi connectivity index (χ3n) is 4.06. The molecule has 0 aliphatic heterocycles. The van der Waals surface area contributed by atoms with Crippen molar-refractivity contribution in [2.75, 3.05) is 20.3 Å². The molecule has 1 fully saturated rings. The second-order valence-corrected chi connectivity index (χ2v) is 5.18. The number of aliphatic hydroxyl groups is 1. The van der Waals surface area contributed by atoms with Crippen molar-refractivity contribution in [3.05, 3.63) is 29.8 Å². The highest BCUT2D eigenvalue weighted by molar-refractivity contribution is 5.36. The lowest BCUT2D eigenvalue weighted by Gasteiger charge is -2.26. The monoisotopic (exact) mass is 264 g/mol. The fourth-order valence-electron chi connectivity index (χ4n) is 2.97. The van der Waals surface area contributed by atoms with Gasteiger partial charge in [-0.05, 0) is 24.8 Å². The summed E-state index contributed by atoms with van der Waals surface area (Å²) in [6.07, 6.45) is 3.38. The molecule has 1 aliphatic rings. The lowest BCUT2D eigenvalue weighted by Crippen LogP contribution is -2.40. The number of nitrogens with one attached hydrogen (secondary N) is 1. The van der Waals surface area contributed by atoms with Gasteiger partial charge in [-0.1, -0.05) is 24.6 Å². The third-order valence-corrected chi connectivity index (χ3v) is 4.06. The van der Waals surface area contributed by atoms with Crippen LogP contribution in [0, 0.1) is 5.92 Å². The molecule has 2 rings (SSSR count). The average Bonchev–Trinajstić information content (AvgIpc) is 2.92. The van der Waals surface area contributed by atoms with Crippen molar-refractivity contribution in [1.29, 1.82) is 0 Å². The second kappa shape index (κ2) is 6.89. The zero-order valence-corrected chi connectivity index (χ0v) is 11.5. The Balaban J connectivity index is 2.11. The standard InChI is InChI=1S/C15H24N2O2/c1-19-15-8-3-2-6-12(15)14(9-16)17-13-7-4-5-11(13)10-18/h2-3,6,8,11,13-14,17-18H,4-5,7,9-10,16H2,1H3. The summed E-state index contributed by atoms with van der Waals surface area (Å²) in [7, 11) is 1.68. The van der Waals surface area contributed by atoms with Crippen molar-refractivity contribution in [1.82, 2.24) is 5.32 Å². The normalized spacial score (nSPS) is 24.4. The molecular weight excluding hydrogens is 240 g/mol. The molecule has 4 nitrogen and oxygen atoms in total. The highest BCUT2D eigenvalue weighted by atomic mass is 16.5. The molecule has 0 bridgehead atoms. The van der Waals surface area contributed by atoms with E-state index in [2.05, 4.69) is 5.32 Å². The first kappa shape index (κ1) is 14.3. The summed E-state index contributed by atoms with van der Waals surface area (Å²) in [5.41, 5.74) is 7.01. The first-order chi connectivity index (χ1) is 9.30. The minimum absolute atomic E-state index is 0.0771. The number of hydrogen-bond donors (Lipinski definition) is 3. The van der Waals surface area contributed by atoms with Crippen LogP contribution in [0.1, 0.15) is 30.9 Å². The molecule has 4 heteroatoms. The van der Waals surface area contributed by atoms with Gasteiger partial charge in [0.1, 0.15) is 5.75 Å². The third kappa shape index (κ3) is 3.26. The summed E-state index contributed by atoms with van der Waals surface area (Å²) in [6.45, 7) is 0.774. The van der Waals surface area contributed by atoms with Gasteiger partial charge >= 0.3 is 0 Å². The zero-order valence-electron chi connectivity index (χ0n) is 11.5. The maximum Gasteiger partial charge on any atom is 0.123 e. The van der Waals surface area contributed by atoms with Crippen molar-refractivity contribution >= 4 is 0 Å². The average molecular weight is 264 g/mol. The minimum atomic E-state index is 0.0771. The molecule has 19 heavy (non-hydrogen) atoms. The molecule has 4 N–H and O–H groups in total. The Bertz CT molecular complexity index is 397. The van der Waals surface area contributed by atoms with E-state index < -0.39 is 0 Å². The molecule has 0 saturated heterocycles. The first-order valence-corrected chi connectivity index (χ1v) is 7.00. The first-order valence-electron chi connectivity index (χ1n) is 7.00. The van der Waals surface area contributed by atoms with Crippen LogP contribution in [0.3, 0.4) is 0 Å². The van der Waals surface area contributed by atoms with Crippen LogP contribution >= 0.6 is 0 Å². The van der Waals surface area contributed by atoms with Gasteiger partial charge in [0, 0.05) is 30.8 Å². The Morgan fingerprint density at radius 3 is 2.89 bits per heavy atom. The predicted octanol–water partition coefficient (Wildman–Crippen LogP) is 1.45. The SMILES string of the molecule is COc1ccccc1C(CN)NC1CCCC1CO. The molecule has 0 radical (unpaired) electrons. The predicted molar refractivity (Wildman–Crippen MR) is 76.1 cm³/mol. The minimum Gasteiger partial charge on any atom is -0.496 e. The Morgan fingerprint density at radius 1 is 1.42 bits per heavy atom. The smallest absolute Gasteiger partial charge is 0.123 e. The summed E-state index contributed by atoms with van der Waals surface area (Å²) in [6, 6.07) is 8.39. The summed E-state index contributed by atoms with van der Waals surface area (Å²) in [4.78, 5) is 0. The fraction of sp³-hybridized carbons (Fsp3) is 0.600. The lowest BCUT2D eigenvalue weighted by molar-refractivity contribution is 0.199. The second-order valence-electron chi connectivity index (χ2n) is 5.18. The highest BCUT2D eigenvalue weighted by Gasteiger charge is 2.29. The Morgan fingerprint density at radius 2 is 2.21 bits per heavy atom. The van der Waals surface area contributed by atoms with E-state index in [0.717, 1.165) is 24.2 Å². The van der Waals surface area contributed by atoms with E-state index >= 15 is 0 Å². The van der Waals surface area contributed by atoms with E-state index in [0.29, 0.717) is 18.5 Å². The Kier molecular flexibility index (Phi) is 5.19. The van der Waals surface area contributed by atoms with E-state index in [4.69, 9.17) is 10.5 Å². The van der Waals surface area contributed by atoms with Gasteiger partial charge in [0.05, 0.1) is 7.11 Å². The summed E-state index contributed by atoms with van der Waals surface area (Å²) in [5.74, 6) is 1.22. The van der Waals surface area contributed by atoms with Crippen LogP contribution < -0.4 is 15.8 Å². The van der Waals surface area contributed by atoms with Gasteiger partial charge in [0.25, 0.3) is 0 Å². The molecule has 0 heterocycles. The molecule has 0 spiro atoms. The molecule has 0 amide bonds. The number of aliphatic hydroxyl groups excluding tert-OH is 1. The Hall–Kier alpha value is -1.10. The van der Waals surface area contributed by atoms with Crippen LogP contribution in [-0.4, -0.2) is 31.4 Å². The molecule has 1 aromatic rings. The highest BCUT2D eigenvalue weighted by Crippen LogP contribution is 2.30. The molecule has 1 saturated carbocycles. The Labute approximate surface area is 115 Å². The zero-order chi connectivity index (χ0) is 13.7. The molecular formula is C15H24N2O2. The molecule has 1 aliphatic carbocycles. The van der Waals surface area contributed by atoms with Crippen LogP contribution in [0.15, 0.2) is 24.3 Å². The van der Waals surface area contributed by atoms with Crippen LogP contribution in [0.4, 0.5) is 0 Å². The molecule has 1 aromatic carbocycles. The van der Waals surface area contributed by atoms with Gasteiger partial charge in [-0.3, -0.25) is 0 Å². The topological polar surface area (TPSA) is 67.5 Å². The number of para-hydroxylation sites is 1. The quantitative estimate of drug-likeness (QED) is 0.727. The van der Waals surface area contributed by atoms with Crippen molar-refractivity contribution in [3.63, 3.8) is 0 Å².